The van der Waals surface area contributed by atoms with Crippen LogP contribution >= 0.6 is 0 Å². The Labute approximate surface area is 200 Å². The summed E-state index contributed by atoms with van der Waals surface area (Å²) in [7, 11) is 0. The zero-order valence-corrected chi connectivity index (χ0v) is 19.7. The Morgan fingerprint density at radius 3 is 2.44 bits per heavy atom. The number of hydrogen-bond donors (Lipinski definition) is 2. The Kier molecular flexibility index (Phi) is 6.77. The van der Waals surface area contributed by atoms with Crippen LogP contribution in [0.3, 0.4) is 0 Å². The third-order valence-corrected chi connectivity index (χ3v) is 6.30. The predicted molar refractivity (Wildman–Crippen MR) is 134 cm³/mol. The molecule has 6 nitrogen and oxygen atoms in total. The minimum absolute atomic E-state index is 0.0295. The van der Waals surface area contributed by atoms with Crippen molar-refractivity contribution >= 4 is 29.1 Å². The SMILES string of the molecule is Cc1ccc(NC(=O)c2cccc(NC(=O)[C@H]3CC(=O)N([C@H](C)c4ccccc4)C3)c2)c(C)c1. The highest BCUT2D eigenvalue weighted by Gasteiger charge is 2.37. The predicted octanol–water partition coefficient (Wildman–Crippen LogP) is 5.10. The molecule has 174 valence electrons. The maximum absolute atomic E-state index is 12.9. The normalized spacial score (nSPS) is 16.3. The van der Waals surface area contributed by atoms with E-state index in [-0.39, 0.29) is 30.2 Å². The van der Waals surface area contributed by atoms with Crippen molar-refractivity contribution < 1.29 is 14.4 Å². The molecule has 0 spiro atoms. The quantitative estimate of drug-likeness (QED) is 0.543. The minimum atomic E-state index is -0.439. The molecular weight excluding hydrogens is 426 g/mol. The smallest absolute Gasteiger partial charge is 0.255 e. The number of rotatable bonds is 6. The summed E-state index contributed by atoms with van der Waals surface area (Å²) >= 11 is 0. The van der Waals surface area contributed by atoms with Crippen LogP contribution in [0.25, 0.3) is 0 Å². The van der Waals surface area contributed by atoms with Crippen LogP contribution in [0.15, 0.2) is 72.8 Å². The fourth-order valence-corrected chi connectivity index (χ4v) is 4.32. The van der Waals surface area contributed by atoms with Crippen LogP contribution in [-0.2, 0) is 9.59 Å². The van der Waals surface area contributed by atoms with Crippen molar-refractivity contribution in [3.8, 4) is 0 Å². The van der Waals surface area contributed by atoms with Crippen LogP contribution in [0.1, 0.15) is 46.4 Å². The molecule has 1 heterocycles. The lowest BCUT2D eigenvalue weighted by atomic mass is 10.1. The van der Waals surface area contributed by atoms with Gasteiger partial charge in [-0.15, -0.1) is 0 Å². The number of carbonyl (C=O) groups excluding carboxylic acids is 3. The van der Waals surface area contributed by atoms with Gasteiger partial charge in [0.05, 0.1) is 12.0 Å². The van der Waals surface area contributed by atoms with Gasteiger partial charge in [0.15, 0.2) is 0 Å². The van der Waals surface area contributed by atoms with Gasteiger partial charge in [0.1, 0.15) is 0 Å². The zero-order valence-electron chi connectivity index (χ0n) is 19.7. The molecule has 1 fully saturated rings. The van der Waals surface area contributed by atoms with E-state index >= 15 is 0 Å². The summed E-state index contributed by atoms with van der Waals surface area (Å²) in [6, 6.07) is 22.4. The number of anilines is 2. The van der Waals surface area contributed by atoms with Crippen LogP contribution in [0.2, 0.25) is 0 Å². The third kappa shape index (κ3) is 5.17. The standard InChI is InChI=1S/C28H29N3O3/c1-18-12-13-25(19(2)14-18)30-27(33)22-10-7-11-24(15-22)29-28(34)23-16-26(32)31(17-23)20(3)21-8-5-4-6-9-21/h4-15,20,23H,16-17H2,1-3H3,(H,29,34)(H,30,33)/t20-,23+/m1/s1. The highest BCUT2D eigenvalue weighted by Crippen LogP contribution is 2.29. The van der Waals surface area contributed by atoms with E-state index in [1.165, 1.54) is 0 Å². The molecule has 1 aliphatic heterocycles. The van der Waals surface area contributed by atoms with Crippen molar-refractivity contribution in [3.05, 3.63) is 95.1 Å². The Morgan fingerprint density at radius 1 is 0.941 bits per heavy atom. The molecule has 0 aromatic heterocycles. The fraction of sp³-hybridized carbons (Fsp3) is 0.250. The first-order valence-corrected chi connectivity index (χ1v) is 11.5. The number of amides is 3. The summed E-state index contributed by atoms with van der Waals surface area (Å²) < 4.78 is 0. The molecular formula is C28H29N3O3. The van der Waals surface area contributed by atoms with E-state index in [2.05, 4.69) is 10.6 Å². The van der Waals surface area contributed by atoms with Crippen molar-refractivity contribution in [2.45, 2.75) is 33.2 Å². The average molecular weight is 456 g/mol. The van der Waals surface area contributed by atoms with Gasteiger partial charge in [-0.3, -0.25) is 14.4 Å². The molecule has 1 aliphatic rings. The third-order valence-electron chi connectivity index (χ3n) is 6.30. The van der Waals surface area contributed by atoms with E-state index in [9.17, 15) is 14.4 Å². The molecule has 0 saturated carbocycles. The summed E-state index contributed by atoms with van der Waals surface area (Å²) in [5, 5.41) is 5.81. The van der Waals surface area contributed by atoms with Gasteiger partial charge in [0.25, 0.3) is 5.91 Å². The van der Waals surface area contributed by atoms with E-state index < -0.39 is 5.92 Å². The van der Waals surface area contributed by atoms with Gasteiger partial charge < -0.3 is 15.5 Å². The Morgan fingerprint density at radius 2 is 1.71 bits per heavy atom. The van der Waals surface area contributed by atoms with E-state index in [4.69, 9.17) is 0 Å². The molecule has 3 aromatic rings. The fourth-order valence-electron chi connectivity index (χ4n) is 4.32. The molecule has 6 heteroatoms. The first-order valence-electron chi connectivity index (χ1n) is 11.5. The highest BCUT2D eigenvalue weighted by atomic mass is 16.2. The molecule has 0 unspecified atom stereocenters. The second-order valence-electron chi connectivity index (χ2n) is 8.88. The van der Waals surface area contributed by atoms with Gasteiger partial charge in [0.2, 0.25) is 11.8 Å². The summed E-state index contributed by atoms with van der Waals surface area (Å²) in [5.41, 5.74) is 4.88. The first-order chi connectivity index (χ1) is 16.3. The monoisotopic (exact) mass is 455 g/mol. The number of benzene rings is 3. The lowest BCUT2D eigenvalue weighted by Gasteiger charge is -2.25. The van der Waals surface area contributed by atoms with Crippen LogP contribution in [0.4, 0.5) is 11.4 Å². The summed E-state index contributed by atoms with van der Waals surface area (Å²) in [6.07, 6.45) is 0.176. The van der Waals surface area contributed by atoms with Crippen LogP contribution in [0, 0.1) is 19.8 Å². The molecule has 4 rings (SSSR count). The van der Waals surface area contributed by atoms with Gasteiger partial charge in [0, 0.05) is 29.9 Å². The van der Waals surface area contributed by atoms with E-state index in [0.29, 0.717) is 17.8 Å². The van der Waals surface area contributed by atoms with Crippen molar-refractivity contribution in [1.29, 1.82) is 0 Å². The minimum Gasteiger partial charge on any atom is -0.335 e. The maximum Gasteiger partial charge on any atom is 0.255 e. The number of nitrogens with one attached hydrogen (secondary N) is 2. The van der Waals surface area contributed by atoms with Crippen LogP contribution in [-0.4, -0.2) is 29.2 Å². The molecule has 3 amide bonds. The Bertz CT molecular complexity index is 1220. The number of aryl methyl sites for hydroxylation is 2. The maximum atomic E-state index is 12.9. The van der Waals surface area contributed by atoms with Crippen molar-refractivity contribution in [1.82, 2.24) is 4.90 Å². The van der Waals surface area contributed by atoms with Gasteiger partial charge >= 0.3 is 0 Å². The average Bonchev–Trinajstić information content (AvgIpc) is 3.23. The van der Waals surface area contributed by atoms with Gasteiger partial charge in [-0.2, -0.15) is 0 Å². The molecule has 2 atom stereocenters. The molecule has 0 radical (unpaired) electrons. The van der Waals surface area contributed by atoms with E-state index in [1.54, 1.807) is 29.2 Å². The Hall–Kier alpha value is -3.93. The van der Waals surface area contributed by atoms with Gasteiger partial charge in [-0.25, -0.2) is 0 Å². The highest BCUT2D eigenvalue weighted by molar-refractivity contribution is 6.06. The number of carbonyl (C=O) groups is 3. The summed E-state index contributed by atoms with van der Waals surface area (Å²) in [5.74, 6) is -0.936. The van der Waals surface area contributed by atoms with Crippen LogP contribution < -0.4 is 10.6 Å². The molecule has 1 saturated heterocycles. The van der Waals surface area contributed by atoms with E-state index in [0.717, 1.165) is 22.4 Å². The molecule has 3 aromatic carbocycles. The summed E-state index contributed by atoms with van der Waals surface area (Å²) in [4.78, 5) is 40.1. The molecule has 2 N–H and O–H groups in total. The zero-order chi connectivity index (χ0) is 24.2. The number of hydrogen-bond acceptors (Lipinski definition) is 3. The summed E-state index contributed by atoms with van der Waals surface area (Å²) in [6.45, 7) is 6.30. The van der Waals surface area contributed by atoms with Crippen molar-refractivity contribution in [2.75, 3.05) is 17.2 Å². The van der Waals surface area contributed by atoms with Gasteiger partial charge in [-0.05, 0) is 56.2 Å². The molecule has 34 heavy (non-hydrogen) atoms. The van der Waals surface area contributed by atoms with Crippen molar-refractivity contribution in [2.24, 2.45) is 5.92 Å². The molecule has 0 aliphatic carbocycles. The lowest BCUT2D eigenvalue weighted by Crippen LogP contribution is -2.30. The van der Waals surface area contributed by atoms with Crippen LogP contribution in [0.5, 0.6) is 0 Å². The van der Waals surface area contributed by atoms with Gasteiger partial charge in [-0.1, -0.05) is 54.1 Å². The van der Waals surface area contributed by atoms with Crippen molar-refractivity contribution in [3.63, 3.8) is 0 Å². The second-order valence-corrected chi connectivity index (χ2v) is 8.88. The number of likely N-dealkylation sites (tertiary alicyclic amines) is 1. The topological polar surface area (TPSA) is 78.5 Å². The first kappa shape index (κ1) is 23.2. The lowest BCUT2D eigenvalue weighted by molar-refractivity contribution is -0.129. The van der Waals surface area contributed by atoms with E-state index in [1.807, 2.05) is 69.3 Å². The number of nitrogens with zero attached hydrogens (tertiary/aromatic N) is 1. The second kappa shape index (κ2) is 9.91. The molecule has 0 bridgehead atoms. The largest absolute Gasteiger partial charge is 0.335 e. The Balaban J connectivity index is 1.40.